The molecule has 0 aliphatic heterocycles. The third-order valence-corrected chi connectivity index (χ3v) is 4.83. The molecule has 1 heterocycles. The van der Waals surface area contributed by atoms with Crippen LogP contribution in [0.2, 0.25) is 0 Å². The molecule has 2 nitrogen and oxygen atoms in total. The predicted octanol–water partition coefficient (Wildman–Crippen LogP) is 5.29. The van der Waals surface area contributed by atoms with Crippen LogP contribution in [0.4, 0.5) is 0 Å². The van der Waals surface area contributed by atoms with Gasteiger partial charge in [0.1, 0.15) is 5.75 Å². The van der Waals surface area contributed by atoms with Crippen molar-refractivity contribution < 1.29 is 9.53 Å². The van der Waals surface area contributed by atoms with Crippen LogP contribution in [-0.2, 0) is 0 Å². The van der Waals surface area contributed by atoms with E-state index in [0.29, 0.717) is 23.5 Å². The lowest BCUT2D eigenvalue weighted by molar-refractivity contribution is 0.103. The first-order chi connectivity index (χ1) is 9.13. The van der Waals surface area contributed by atoms with Gasteiger partial charge in [0.05, 0.1) is 19.7 Å². The van der Waals surface area contributed by atoms with Crippen LogP contribution in [-0.4, -0.2) is 12.4 Å². The maximum Gasteiger partial charge on any atom is 0.198 e. The van der Waals surface area contributed by atoms with Crippen LogP contribution in [0.25, 0.3) is 0 Å². The molecular formula is C14H12Br2O2S. The summed E-state index contributed by atoms with van der Waals surface area (Å²) in [6.45, 7) is 2.65. The molecule has 0 aliphatic rings. The first kappa shape index (κ1) is 14.8. The van der Waals surface area contributed by atoms with E-state index in [4.69, 9.17) is 4.74 Å². The van der Waals surface area contributed by atoms with Crippen molar-refractivity contribution in [2.24, 2.45) is 0 Å². The molecule has 0 amide bonds. The van der Waals surface area contributed by atoms with Crippen LogP contribution in [0.1, 0.15) is 29.3 Å². The van der Waals surface area contributed by atoms with Crippen LogP contribution >= 0.6 is 43.2 Å². The molecule has 0 spiro atoms. The molecule has 2 rings (SSSR count). The summed E-state index contributed by atoms with van der Waals surface area (Å²) in [5.41, 5.74) is 1.26. The Hall–Kier alpha value is -0.650. The summed E-state index contributed by atoms with van der Waals surface area (Å²) in [6.07, 6.45) is 0.913. The largest absolute Gasteiger partial charge is 0.493 e. The monoisotopic (exact) mass is 402 g/mol. The van der Waals surface area contributed by atoms with Gasteiger partial charge in [-0.2, -0.15) is 0 Å². The van der Waals surface area contributed by atoms with Gasteiger partial charge in [0.25, 0.3) is 0 Å². The van der Waals surface area contributed by atoms with Gasteiger partial charge in [-0.3, -0.25) is 4.79 Å². The van der Waals surface area contributed by atoms with Gasteiger partial charge in [-0.1, -0.05) is 19.1 Å². The molecule has 5 heteroatoms. The molecule has 0 radical (unpaired) electrons. The van der Waals surface area contributed by atoms with Crippen molar-refractivity contribution in [2.45, 2.75) is 13.3 Å². The van der Waals surface area contributed by atoms with E-state index in [-0.39, 0.29) is 5.78 Å². The number of ketones is 1. The average molecular weight is 404 g/mol. The predicted molar refractivity (Wildman–Crippen MR) is 85.4 cm³/mol. The van der Waals surface area contributed by atoms with Gasteiger partial charge in [0, 0.05) is 5.56 Å². The zero-order valence-corrected chi connectivity index (χ0v) is 14.3. The summed E-state index contributed by atoms with van der Waals surface area (Å²) in [7, 11) is 0. The van der Waals surface area contributed by atoms with Crippen LogP contribution in [0.15, 0.2) is 37.9 Å². The highest BCUT2D eigenvalue weighted by Crippen LogP contribution is 2.34. The van der Waals surface area contributed by atoms with Crippen LogP contribution < -0.4 is 4.74 Å². The number of benzene rings is 1. The zero-order valence-electron chi connectivity index (χ0n) is 10.3. The summed E-state index contributed by atoms with van der Waals surface area (Å²) < 4.78 is 7.39. The first-order valence-electron chi connectivity index (χ1n) is 5.84. The van der Waals surface area contributed by atoms with E-state index in [2.05, 4.69) is 31.9 Å². The number of hydrogen-bond donors (Lipinski definition) is 0. The molecule has 1 aromatic heterocycles. The van der Waals surface area contributed by atoms with Crippen LogP contribution in [0.3, 0.4) is 0 Å². The minimum absolute atomic E-state index is 0.0273. The summed E-state index contributed by atoms with van der Waals surface area (Å²) in [4.78, 5) is 12.5. The zero-order chi connectivity index (χ0) is 13.8. The van der Waals surface area contributed by atoms with E-state index in [0.717, 1.165) is 14.0 Å². The third-order valence-electron chi connectivity index (χ3n) is 2.49. The fourth-order valence-corrected chi connectivity index (χ4v) is 4.43. The van der Waals surface area contributed by atoms with E-state index in [1.807, 2.05) is 31.2 Å². The molecular weight excluding hydrogens is 392 g/mol. The van der Waals surface area contributed by atoms with Gasteiger partial charge in [0.2, 0.25) is 0 Å². The maximum absolute atomic E-state index is 12.5. The molecule has 1 aromatic carbocycles. The Balaban J connectivity index is 2.36. The highest BCUT2D eigenvalue weighted by Gasteiger charge is 2.19. The minimum atomic E-state index is -0.0273. The topological polar surface area (TPSA) is 26.3 Å². The molecule has 0 aliphatic carbocycles. The standard InChI is InChI=1S/C14H12Br2O2S/c1-2-7-18-11-6-4-3-5-9(11)13(17)10-8-12(15)19-14(10)16/h3-6,8H,2,7H2,1H3. The lowest BCUT2D eigenvalue weighted by Crippen LogP contribution is -2.05. The molecule has 0 atom stereocenters. The fourth-order valence-electron chi connectivity index (χ4n) is 1.63. The smallest absolute Gasteiger partial charge is 0.198 e. The summed E-state index contributed by atoms with van der Waals surface area (Å²) in [6, 6.07) is 9.18. The molecule has 0 unspecified atom stereocenters. The molecule has 100 valence electrons. The molecule has 0 saturated carbocycles. The van der Waals surface area contributed by atoms with E-state index >= 15 is 0 Å². The van der Waals surface area contributed by atoms with Gasteiger partial charge in [0.15, 0.2) is 5.78 Å². The number of ether oxygens (including phenoxy) is 1. The van der Waals surface area contributed by atoms with Gasteiger partial charge in [-0.25, -0.2) is 0 Å². The van der Waals surface area contributed by atoms with Crippen molar-refractivity contribution in [1.29, 1.82) is 0 Å². The Labute approximate surface area is 133 Å². The van der Waals surface area contributed by atoms with Crippen LogP contribution in [0.5, 0.6) is 5.75 Å². The number of rotatable bonds is 5. The Bertz CT molecular complexity index is 593. The normalized spacial score (nSPS) is 10.5. The summed E-state index contributed by atoms with van der Waals surface area (Å²) >= 11 is 8.30. The second kappa shape index (κ2) is 6.68. The van der Waals surface area contributed by atoms with E-state index < -0.39 is 0 Å². The quantitative estimate of drug-likeness (QED) is 0.633. The van der Waals surface area contributed by atoms with E-state index in [9.17, 15) is 4.79 Å². The average Bonchev–Trinajstić information content (AvgIpc) is 2.75. The Morgan fingerprint density at radius 1 is 1.26 bits per heavy atom. The molecule has 0 fully saturated rings. The lowest BCUT2D eigenvalue weighted by Gasteiger charge is -2.09. The summed E-state index contributed by atoms with van der Waals surface area (Å²) in [5.74, 6) is 0.615. The van der Waals surface area contributed by atoms with Gasteiger partial charge in [-0.15, -0.1) is 11.3 Å². The van der Waals surface area contributed by atoms with Crippen molar-refractivity contribution in [3.63, 3.8) is 0 Å². The van der Waals surface area contributed by atoms with Crippen molar-refractivity contribution in [2.75, 3.05) is 6.61 Å². The summed E-state index contributed by atoms with van der Waals surface area (Å²) in [5, 5.41) is 0. The molecule has 0 bridgehead atoms. The fraction of sp³-hybridized carbons (Fsp3) is 0.214. The SMILES string of the molecule is CCCOc1ccccc1C(=O)c1cc(Br)sc1Br. The minimum Gasteiger partial charge on any atom is -0.493 e. The molecule has 2 aromatic rings. The van der Waals surface area contributed by atoms with Gasteiger partial charge in [-0.05, 0) is 56.5 Å². The molecule has 19 heavy (non-hydrogen) atoms. The number of halogens is 2. The van der Waals surface area contributed by atoms with Crippen LogP contribution in [0, 0.1) is 0 Å². The number of hydrogen-bond acceptors (Lipinski definition) is 3. The van der Waals surface area contributed by atoms with Crippen molar-refractivity contribution >= 4 is 49.0 Å². The number of para-hydroxylation sites is 1. The second-order valence-electron chi connectivity index (χ2n) is 3.91. The van der Waals surface area contributed by atoms with Crippen molar-refractivity contribution in [1.82, 2.24) is 0 Å². The number of carbonyl (C=O) groups is 1. The van der Waals surface area contributed by atoms with Gasteiger partial charge >= 0.3 is 0 Å². The Morgan fingerprint density at radius 3 is 2.63 bits per heavy atom. The Kier molecular flexibility index (Phi) is 5.19. The van der Waals surface area contributed by atoms with Gasteiger partial charge < -0.3 is 4.74 Å². The number of carbonyl (C=O) groups excluding carboxylic acids is 1. The Morgan fingerprint density at radius 2 is 2.00 bits per heavy atom. The molecule has 0 saturated heterocycles. The van der Waals surface area contributed by atoms with Crippen molar-refractivity contribution in [3.05, 3.63) is 49.0 Å². The highest BCUT2D eigenvalue weighted by atomic mass is 79.9. The van der Waals surface area contributed by atoms with E-state index in [1.165, 1.54) is 11.3 Å². The second-order valence-corrected chi connectivity index (χ2v) is 7.66. The number of thiophene rings is 1. The first-order valence-corrected chi connectivity index (χ1v) is 8.25. The lowest BCUT2D eigenvalue weighted by atomic mass is 10.1. The third kappa shape index (κ3) is 3.46. The van der Waals surface area contributed by atoms with E-state index in [1.54, 1.807) is 6.07 Å². The maximum atomic E-state index is 12.5. The highest BCUT2D eigenvalue weighted by molar-refractivity contribution is 9.12. The molecule has 0 N–H and O–H groups in total. The van der Waals surface area contributed by atoms with Crippen molar-refractivity contribution in [3.8, 4) is 5.75 Å².